The molecule has 1 fully saturated rings. The second-order valence-electron chi connectivity index (χ2n) is 6.12. The normalized spacial score (nSPS) is 24.1. The van der Waals surface area contributed by atoms with Gasteiger partial charge in [-0.3, -0.25) is 0 Å². The van der Waals surface area contributed by atoms with Crippen molar-refractivity contribution in [2.24, 2.45) is 0 Å². The van der Waals surface area contributed by atoms with Crippen molar-refractivity contribution in [3.63, 3.8) is 0 Å². The third kappa shape index (κ3) is 1.79. The predicted octanol–water partition coefficient (Wildman–Crippen LogP) is 5.71. The topological polar surface area (TPSA) is 0 Å². The van der Waals surface area contributed by atoms with Gasteiger partial charge in [0, 0.05) is 22.0 Å². The molecule has 0 heterocycles. The predicted molar refractivity (Wildman–Crippen MR) is 93.4 cm³/mol. The van der Waals surface area contributed by atoms with Crippen molar-refractivity contribution in [3.05, 3.63) is 90.0 Å². The van der Waals surface area contributed by atoms with E-state index in [1.165, 1.54) is 16.0 Å². The molecule has 0 saturated heterocycles. The molecule has 106 valence electrons. The summed E-state index contributed by atoms with van der Waals surface area (Å²) in [5, 5.41) is 0.673. The van der Waals surface area contributed by atoms with Crippen molar-refractivity contribution in [1.82, 2.24) is 0 Å². The molecule has 3 aromatic carbocycles. The molecular weight excluding hydrogens is 284 g/mol. The molecule has 0 bridgehead atoms. The van der Waals surface area contributed by atoms with E-state index in [4.69, 9.17) is 0 Å². The summed E-state index contributed by atoms with van der Waals surface area (Å²) in [5.41, 5.74) is 5.96. The molecule has 3 aromatic rings. The Kier molecular flexibility index (Phi) is 2.71. The summed E-state index contributed by atoms with van der Waals surface area (Å²) in [5.74, 6) is 1.35. The smallest absolute Gasteiger partial charge is 0.0245 e. The molecule has 2 aliphatic rings. The second-order valence-corrected chi connectivity index (χ2v) is 7.37. The lowest BCUT2D eigenvalue weighted by Crippen LogP contribution is -1.98. The highest BCUT2D eigenvalue weighted by molar-refractivity contribution is 8.00. The minimum absolute atomic E-state index is 0.673. The largest absolute Gasteiger partial charge is 0.121 e. The van der Waals surface area contributed by atoms with E-state index in [0.717, 1.165) is 0 Å². The maximum absolute atomic E-state index is 2.33. The van der Waals surface area contributed by atoms with Crippen LogP contribution >= 0.6 is 11.8 Å². The lowest BCUT2D eigenvalue weighted by Gasteiger charge is -2.18. The Morgan fingerprint density at radius 3 is 1.64 bits per heavy atom. The maximum atomic E-state index is 2.33. The highest BCUT2D eigenvalue weighted by atomic mass is 32.2. The Bertz CT molecular complexity index is 786. The van der Waals surface area contributed by atoms with Crippen molar-refractivity contribution >= 4 is 11.8 Å². The summed E-state index contributed by atoms with van der Waals surface area (Å²) in [7, 11) is 0. The molecule has 0 spiro atoms. The Labute approximate surface area is 135 Å². The van der Waals surface area contributed by atoms with E-state index in [9.17, 15) is 0 Å². The van der Waals surface area contributed by atoms with Gasteiger partial charge in [0.1, 0.15) is 0 Å². The van der Waals surface area contributed by atoms with Crippen LogP contribution in [-0.4, -0.2) is 5.25 Å². The highest BCUT2D eigenvalue weighted by Crippen LogP contribution is 2.67. The standard InChI is InChI=1S/C21H16S/c1-2-8-14(9-3-1)22-21-19-17-12-6-4-10-15(17)16-11-5-7-13-18(16)20(19)21/h1-13,19-21H/t19-,20+,21?. The first-order chi connectivity index (χ1) is 10.9. The zero-order valence-electron chi connectivity index (χ0n) is 12.1. The minimum atomic E-state index is 0.673. The van der Waals surface area contributed by atoms with Crippen molar-refractivity contribution in [2.45, 2.75) is 22.0 Å². The first-order valence-corrected chi connectivity index (χ1v) is 8.71. The SMILES string of the molecule is c1ccc(SC2[C@H]3c4ccccc4-c4ccccc4[C@@H]23)cc1. The Morgan fingerprint density at radius 2 is 1.05 bits per heavy atom. The molecule has 22 heavy (non-hydrogen) atoms. The van der Waals surface area contributed by atoms with Gasteiger partial charge < -0.3 is 0 Å². The number of hydrogen-bond acceptors (Lipinski definition) is 1. The third-order valence-electron chi connectivity index (χ3n) is 4.90. The molecule has 2 aliphatic carbocycles. The highest BCUT2D eigenvalue weighted by Gasteiger charge is 2.55. The lowest BCUT2D eigenvalue weighted by atomic mass is 9.86. The van der Waals surface area contributed by atoms with Crippen LogP contribution in [0.4, 0.5) is 0 Å². The molecule has 0 amide bonds. The van der Waals surface area contributed by atoms with Gasteiger partial charge in [-0.25, -0.2) is 0 Å². The molecule has 5 rings (SSSR count). The van der Waals surface area contributed by atoms with E-state index < -0.39 is 0 Å². The average molecular weight is 300 g/mol. The van der Waals surface area contributed by atoms with Crippen molar-refractivity contribution in [1.29, 1.82) is 0 Å². The fraction of sp³-hybridized carbons (Fsp3) is 0.143. The number of benzene rings is 3. The summed E-state index contributed by atoms with van der Waals surface area (Å²) >= 11 is 2.04. The molecule has 0 aliphatic heterocycles. The Hall–Kier alpha value is -1.99. The van der Waals surface area contributed by atoms with Crippen molar-refractivity contribution < 1.29 is 0 Å². The summed E-state index contributed by atoms with van der Waals surface area (Å²) < 4.78 is 0. The molecule has 0 nitrogen and oxygen atoms in total. The third-order valence-corrected chi connectivity index (χ3v) is 6.30. The van der Waals surface area contributed by atoms with Gasteiger partial charge >= 0.3 is 0 Å². The van der Waals surface area contributed by atoms with E-state index in [0.29, 0.717) is 17.1 Å². The number of rotatable bonds is 2. The number of thioether (sulfide) groups is 1. The van der Waals surface area contributed by atoms with Crippen LogP contribution in [0.2, 0.25) is 0 Å². The average Bonchev–Trinajstić information content (AvgIpc) is 3.30. The number of fused-ring (bicyclic) bond motifs is 6. The van der Waals surface area contributed by atoms with E-state index in [1.807, 2.05) is 11.8 Å². The van der Waals surface area contributed by atoms with Gasteiger partial charge in [0.2, 0.25) is 0 Å². The summed E-state index contributed by atoms with van der Waals surface area (Å²) in [4.78, 5) is 1.39. The molecule has 0 aromatic heterocycles. The van der Waals surface area contributed by atoms with E-state index in [-0.39, 0.29) is 0 Å². The molecule has 0 N–H and O–H groups in total. The van der Waals surface area contributed by atoms with Gasteiger partial charge in [-0.1, -0.05) is 66.7 Å². The van der Waals surface area contributed by atoms with Crippen LogP contribution in [0.5, 0.6) is 0 Å². The van der Waals surface area contributed by atoms with Gasteiger partial charge in [-0.05, 0) is 34.4 Å². The van der Waals surface area contributed by atoms with Crippen molar-refractivity contribution in [2.75, 3.05) is 0 Å². The molecule has 1 saturated carbocycles. The van der Waals surface area contributed by atoms with Crippen molar-refractivity contribution in [3.8, 4) is 11.1 Å². The fourth-order valence-electron chi connectivity index (χ4n) is 3.89. The van der Waals surface area contributed by atoms with Crippen LogP contribution in [-0.2, 0) is 0 Å². The molecule has 1 heteroatoms. The van der Waals surface area contributed by atoms with E-state index >= 15 is 0 Å². The summed E-state index contributed by atoms with van der Waals surface area (Å²) in [6.45, 7) is 0. The summed E-state index contributed by atoms with van der Waals surface area (Å²) in [6, 6.07) is 28.7. The summed E-state index contributed by atoms with van der Waals surface area (Å²) in [6.07, 6.45) is 0. The van der Waals surface area contributed by atoms with Gasteiger partial charge in [0.05, 0.1) is 0 Å². The van der Waals surface area contributed by atoms with Gasteiger partial charge in [0.15, 0.2) is 0 Å². The minimum Gasteiger partial charge on any atom is -0.121 e. The Balaban J connectivity index is 1.60. The van der Waals surface area contributed by atoms with E-state index in [1.54, 1.807) is 11.1 Å². The van der Waals surface area contributed by atoms with Gasteiger partial charge in [0.25, 0.3) is 0 Å². The number of hydrogen-bond donors (Lipinski definition) is 0. The Morgan fingerprint density at radius 1 is 0.545 bits per heavy atom. The molecular formula is C21H16S. The fourth-order valence-corrected chi connectivity index (χ4v) is 5.36. The first-order valence-electron chi connectivity index (χ1n) is 7.83. The van der Waals surface area contributed by atoms with E-state index in [2.05, 4.69) is 78.9 Å². The zero-order valence-corrected chi connectivity index (χ0v) is 13.0. The zero-order chi connectivity index (χ0) is 14.5. The maximum Gasteiger partial charge on any atom is 0.0245 e. The monoisotopic (exact) mass is 300 g/mol. The molecule has 3 atom stereocenters. The second kappa shape index (κ2) is 4.76. The van der Waals surface area contributed by atoms with Crippen LogP contribution in [0.1, 0.15) is 23.0 Å². The quantitative estimate of drug-likeness (QED) is 0.584. The van der Waals surface area contributed by atoms with Gasteiger partial charge in [-0.15, -0.1) is 11.8 Å². The molecule has 0 radical (unpaired) electrons. The van der Waals surface area contributed by atoms with Crippen LogP contribution in [0.15, 0.2) is 83.8 Å². The van der Waals surface area contributed by atoms with Gasteiger partial charge in [-0.2, -0.15) is 0 Å². The first kappa shape index (κ1) is 12.5. The molecule has 1 unspecified atom stereocenters. The lowest BCUT2D eigenvalue weighted by molar-refractivity contribution is 1.01. The van der Waals surface area contributed by atoms with Crippen LogP contribution < -0.4 is 0 Å². The van der Waals surface area contributed by atoms with Crippen LogP contribution in [0.3, 0.4) is 0 Å². The van der Waals surface area contributed by atoms with Crippen LogP contribution in [0.25, 0.3) is 11.1 Å². The van der Waals surface area contributed by atoms with Crippen LogP contribution in [0, 0.1) is 0 Å².